The third-order valence-corrected chi connectivity index (χ3v) is 2.88. The fraction of sp³-hybridized carbons (Fsp3) is 0.909. The number of aliphatic imine (C=N–C) groups is 1. The molecular weight excluding hydrogens is 190 g/mol. The fourth-order valence-electron chi connectivity index (χ4n) is 1.97. The smallest absolute Gasteiger partial charge is 0.189 e. The summed E-state index contributed by atoms with van der Waals surface area (Å²) in [7, 11) is 0. The van der Waals surface area contributed by atoms with Crippen LogP contribution in [0, 0.1) is 5.92 Å². The Labute approximate surface area is 92.0 Å². The molecule has 0 atom stereocenters. The van der Waals surface area contributed by atoms with Gasteiger partial charge in [-0.1, -0.05) is 26.7 Å². The van der Waals surface area contributed by atoms with Gasteiger partial charge in [0.05, 0.1) is 12.1 Å². The SMILES string of the molecule is CC(C)CN=C(N)NC1(CO)CCCC1. The van der Waals surface area contributed by atoms with Crippen molar-refractivity contribution in [3.8, 4) is 0 Å². The van der Waals surface area contributed by atoms with Gasteiger partial charge in [0.1, 0.15) is 0 Å². The number of nitrogens with zero attached hydrogens (tertiary/aromatic N) is 1. The van der Waals surface area contributed by atoms with E-state index in [9.17, 15) is 5.11 Å². The van der Waals surface area contributed by atoms with Gasteiger partial charge in [-0.05, 0) is 18.8 Å². The van der Waals surface area contributed by atoms with E-state index in [2.05, 4.69) is 24.2 Å². The van der Waals surface area contributed by atoms with Crippen LogP contribution >= 0.6 is 0 Å². The van der Waals surface area contributed by atoms with Crippen molar-refractivity contribution in [2.45, 2.75) is 45.1 Å². The largest absolute Gasteiger partial charge is 0.394 e. The van der Waals surface area contributed by atoms with Crippen LogP contribution in [-0.2, 0) is 0 Å². The van der Waals surface area contributed by atoms with Gasteiger partial charge in [0.25, 0.3) is 0 Å². The first-order valence-corrected chi connectivity index (χ1v) is 5.77. The molecule has 0 aliphatic heterocycles. The van der Waals surface area contributed by atoms with Gasteiger partial charge >= 0.3 is 0 Å². The van der Waals surface area contributed by atoms with Gasteiger partial charge in [0.2, 0.25) is 0 Å². The molecule has 1 rings (SSSR count). The van der Waals surface area contributed by atoms with E-state index in [1.165, 1.54) is 0 Å². The van der Waals surface area contributed by atoms with Crippen LogP contribution in [0.4, 0.5) is 0 Å². The van der Waals surface area contributed by atoms with Crippen LogP contribution in [0.25, 0.3) is 0 Å². The molecule has 1 aliphatic rings. The Hall–Kier alpha value is -0.770. The van der Waals surface area contributed by atoms with Gasteiger partial charge in [-0.25, -0.2) is 0 Å². The number of nitrogens with two attached hydrogens (primary N) is 1. The molecule has 0 amide bonds. The molecule has 0 saturated heterocycles. The monoisotopic (exact) mass is 213 g/mol. The predicted molar refractivity (Wildman–Crippen MR) is 62.7 cm³/mol. The summed E-state index contributed by atoms with van der Waals surface area (Å²) < 4.78 is 0. The summed E-state index contributed by atoms with van der Waals surface area (Å²) in [4.78, 5) is 4.25. The zero-order valence-electron chi connectivity index (χ0n) is 9.79. The van der Waals surface area contributed by atoms with Crippen molar-refractivity contribution in [1.82, 2.24) is 5.32 Å². The van der Waals surface area contributed by atoms with Crippen LogP contribution in [0.5, 0.6) is 0 Å². The van der Waals surface area contributed by atoms with Crippen molar-refractivity contribution in [1.29, 1.82) is 0 Å². The molecule has 0 aromatic carbocycles. The summed E-state index contributed by atoms with van der Waals surface area (Å²) in [5.74, 6) is 0.985. The quantitative estimate of drug-likeness (QED) is 0.479. The molecule has 0 bridgehead atoms. The molecule has 4 heteroatoms. The van der Waals surface area contributed by atoms with E-state index in [4.69, 9.17) is 5.73 Å². The average Bonchev–Trinajstić information content (AvgIpc) is 2.64. The molecule has 0 radical (unpaired) electrons. The second kappa shape index (κ2) is 5.35. The van der Waals surface area contributed by atoms with Crippen molar-refractivity contribution >= 4 is 5.96 Å². The molecule has 0 heterocycles. The molecule has 1 saturated carbocycles. The van der Waals surface area contributed by atoms with Crippen LogP contribution < -0.4 is 11.1 Å². The van der Waals surface area contributed by atoms with E-state index in [0.29, 0.717) is 11.9 Å². The Balaban J connectivity index is 2.47. The second-order valence-corrected chi connectivity index (χ2v) is 4.89. The minimum Gasteiger partial charge on any atom is -0.394 e. The highest BCUT2D eigenvalue weighted by Crippen LogP contribution is 2.28. The van der Waals surface area contributed by atoms with E-state index in [-0.39, 0.29) is 12.1 Å². The number of rotatable bonds is 4. The molecule has 4 nitrogen and oxygen atoms in total. The van der Waals surface area contributed by atoms with Crippen LogP contribution in [0.15, 0.2) is 4.99 Å². The standard InChI is InChI=1S/C11H23N3O/c1-9(2)7-13-10(12)14-11(8-15)5-3-4-6-11/h9,15H,3-8H2,1-2H3,(H3,12,13,14). The Kier molecular flexibility index (Phi) is 4.39. The Morgan fingerprint density at radius 1 is 1.47 bits per heavy atom. The first kappa shape index (κ1) is 12.3. The molecule has 1 aliphatic carbocycles. The maximum atomic E-state index is 9.37. The minimum absolute atomic E-state index is 0.144. The van der Waals surface area contributed by atoms with Crippen LogP contribution in [0.2, 0.25) is 0 Å². The molecule has 88 valence electrons. The Morgan fingerprint density at radius 2 is 2.07 bits per heavy atom. The van der Waals surface area contributed by atoms with Gasteiger partial charge in [0.15, 0.2) is 5.96 Å². The van der Waals surface area contributed by atoms with Crippen molar-refractivity contribution in [2.24, 2.45) is 16.6 Å². The molecule has 0 aromatic heterocycles. The summed E-state index contributed by atoms with van der Waals surface area (Å²) in [5, 5.41) is 12.5. The first-order valence-electron chi connectivity index (χ1n) is 5.77. The lowest BCUT2D eigenvalue weighted by Crippen LogP contribution is -2.52. The van der Waals surface area contributed by atoms with Gasteiger partial charge in [-0.2, -0.15) is 0 Å². The summed E-state index contributed by atoms with van der Waals surface area (Å²) in [6.45, 7) is 5.09. The van der Waals surface area contributed by atoms with Gasteiger partial charge < -0.3 is 16.2 Å². The number of guanidine groups is 1. The highest BCUT2D eigenvalue weighted by Gasteiger charge is 2.33. The molecule has 0 unspecified atom stereocenters. The number of aliphatic hydroxyl groups is 1. The van der Waals surface area contributed by atoms with Crippen molar-refractivity contribution in [3.05, 3.63) is 0 Å². The van der Waals surface area contributed by atoms with Crippen molar-refractivity contribution in [2.75, 3.05) is 13.2 Å². The molecule has 4 N–H and O–H groups in total. The summed E-state index contributed by atoms with van der Waals surface area (Å²) in [6.07, 6.45) is 4.29. The molecule has 0 aromatic rings. The lowest BCUT2D eigenvalue weighted by atomic mass is 9.99. The number of hydrogen-bond acceptors (Lipinski definition) is 2. The Bertz CT molecular complexity index is 220. The topological polar surface area (TPSA) is 70.6 Å². The van der Waals surface area contributed by atoms with E-state index in [1.54, 1.807) is 0 Å². The maximum absolute atomic E-state index is 9.37. The summed E-state index contributed by atoms with van der Waals surface area (Å²) >= 11 is 0. The fourth-order valence-corrected chi connectivity index (χ4v) is 1.97. The average molecular weight is 213 g/mol. The van der Waals surface area contributed by atoms with E-state index < -0.39 is 0 Å². The van der Waals surface area contributed by atoms with E-state index >= 15 is 0 Å². The van der Waals surface area contributed by atoms with Crippen molar-refractivity contribution < 1.29 is 5.11 Å². The van der Waals surface area contributed by atoms with E-state index in [0.717, 1.165) is 32.2 Å². The zero-order chi connectivity index (χ0) is 11.3. The van der Waals surface area contributed by atoms with Gasteiger partial charge in [-0.15, -0.1) is 0 Å². The lowest BCUT2D eigenvalue weighted by molar-refractivity contribution is 0.182. The van der Waals surface area contributed by atoms with Gasteiger partial charge in [0, 0.05) is 6.54 Å². The summed E-state index contributed by atoms with van der Waals surface area (Å²) in [6, 6.07) is 0. The maximum Gasteiger partial charge on any atom is 0.189 e. The molecule has 15 heavy (non-hydrogen) atoms. The van der Waals surface area contributed by atoms with Crippen LogP contribution in [-0.4, -0.2) is 29.8 Å². The normalized spacial score (nSPS) is 20.9. The lowest BCUT2D eigenvalue weighted by Gasteiger charge is -2.28. The second-order valence-electron chi connectivity index (χ2n) is 4.89. The molecule has 0 spiro atoms. The third-order valence-electron chi connectivity index (χ3n) is 2.88. The highest BCUT2D eigenvalue weighted by atomic mass is 16.3. The Morgan fingerprint density at radius 3 is 2.53 bits per heavy atom. The molecule has 1 fully saturated rings. The number of aliphatic hydroxyl groups excluding tert-OH is 1. The highest BCUT2D eigenvalue weighted by molar-refractivity contribution is 5.78. The van der Waals surface area contributed by atoms with Gasteiger partial charge in [-0.3, -0.25) is 4.99 Å². The third kappa shape index (κ3) is 3.70. The first-order chi connectivity index (χ1) is 7.08. The predicted octanol–water partition coefficient (Wildman–Crippen LogP) is 0.852. The minimum atomic E-state index is -0.204. The summed E-state index contributed by atoms with van der Waals surface area (Å²) in [5.41, 5.74) is 5.59. The van der Waals surface area contributed by atoms with Crippen LogP contribution in [0.3, 0.4) is 0 Å². The molecular formula is C11H23N3O. The number of hydrogen-bond donors (Lipinski definition) is 3. The van der Waals surface area contributed by atoms with Crippen molar-refractivity contribution in [3.63, 3.8) is 0 Å². The zero-order valence-corrected chi connectivity index (χ0v) is 9.79. The van der Waals surface area contributed by atoms with E-state index in [1.807, 2.05) is 0 Å². The van der Waals surface area contributed by atoms with Crippen LogP contribution in [0.1, 0.15) is 39.5 Å². The number of nitrogens with one attached hydrogen (secondary N) is 1.